The molecule has 7 heteroatoms. The molecule has 2 heterocycles. The number of carbonyl (C=O) groups is 2. The molecule has 0 saturated carbocycles. The predicted octanol–water partition coefficient (Wildman–Crippen LogP) is 1.99. The molecule has 2 rings (SSSR count). The Morgan fingerprint density at radius 3 is 2.50 bits per heavy atom. The molecule has 7 nitrogen and oxygen atoms in total. The van der Waals surface area contributed by atoms with Gasteiger partial charge < -0.3 is 14.7 Å². The predicted molar refractivity (Wildman–Crippen MR) is 90.3 cm³/mol. The van der Waals surface area contributed by atoms with Gasteiger partial charge in [0.25, 0.3) is 5.91 Å². The lowest BCUT2D eigenvalue weighted by atomic mass is 10.2. The molecule has 0 bridgehead atoms. The highest BCUT2D eigenvalue weighted by Gasteiger charge is 2.22. The molecule has 0 aliphatic heterocycles. The third kappa shape index (κ3) is 3.67. The first kappa shape index (κ1) is 17.8. The van der Waals surface area contributed by atoms with Crippen LogP contribution in [0, 0.1) is 20.8 Å². The normalized spacial score (nSPS) is 11.0. The number of likely N-dealkylation sites (N-methyl/N-ethyl adjacent to an activating group) is 1. The van der Waals surface area contributed by atoms with Crippen molar-refractivity contribution in [2.24, 2.45) is 0 Å². The molecule has 1 N–H and O–H groups in total. The van der Waals surface area contributed by atoms with Crippen LogP contribution in [0.3, 0.4) is 0 Å². The molecule has 0 aromatic carbocycles. The van der Waals surface area contributed by atoms with E-state index in [2.05, 4.69) is 10.5 Å². The minimum absolute atomic E-state index is 0.0176. The number of aryl methyl sites for hydroxylation is 2. The number of amides is 2. The highest BCUT2D eigenvalue weighted by molar-refractivity contribution is 5.97. The van der Waals surface area contributed by atoms with E-state index in [1.807, 2.05) is 45.3 Å². The Kier molecular flexibility index (Phi) is 5.11. The van der Waals surface area contributed by atoms with Crippen LogP contribution in [-0.4, -0.2) is 46.1 Å². The third-order valence-electron chi connectivity index (χ3n) is 3.68. The Bertz CT molecular complexity index is 758. The lowest BCUT2D eigenvalue weighted by Gasteiger charge is -2.18. The van der Waals surface area contributed by atoms with E-state index in [0.29, 0.717) is 17.1 Å². The van der Waals surface area contributed by atoms with Gasteiger partial charge in [-0.25, -0.2) is 0 Å². The Morgan fingerprint density at radius 2 is 1.96 bits per heavy atom. The average Bonchev–Trinajstić information content (AvgIpc) is 3.00. The number of hydrogen-bond acceptors (Lipinski definition) is 4. The molecule has 0 fully saturated rings. The first-order chi connectivity index (χ1) is 11.2. The largest absolute Gasteiger partial charge is 0.360 e. The summed E-state index contributed by atoms with van der Waals surface area (Å²) in [5.74, 6) is 0.963. The second-order valence-corrected chi connectivity index (χ2v) is 6.30. The van der Waals surface area contributed by atoms with Crippen molar-refractivity contribution in [1.82, 2.24) is 19.9 Å². The van der Waals surface area contributed by atoms with Gasteiger partial charge in [-0.05, 0) is 40.7 Å². The molecular weight excluding hydrogens is 308 g/mol. The van der Waals surface area contributed by atoms with Gasteiger partial charge >= 0.3 is 0 Å². The number of nitrogens with zero attached hydrogens (tertiary/aromatic N) is 3. The van der Waals surface area contributed by atoms with Crippen molar-refractivity contribution in [2.45, 2.75) is 40.7 Å². The van der Waals surface area contributed by atoms with Crippen LogP contribution in [0.4, 0.5) is 0 Å². The van der Waals surface area contributed by atoms with Crippen LogP contribution in [0.15, 0.2) is 16.7 Å². The number of nitrogens with one attached hydrogen (secondary N) is 1. The maximum Gasteiger partial charge on any atom is 0.255 e. The highest BCUT2D eigenvalue weighted by atomic mass is 16.5. The minimum atomic E-state index is -0.200. The van der Waals surface area contributed by atoms with Gasteiger partial charge in [0.1, 0.15) is 5.76 Å². The van der Waals surface area contributed by atoms with Crippen molar-refractivity contribution in [2.75, 3.05) is 13.6 Å². The fourth-order valence-electron chi connectivity index (χ4n) is 2.65. The van der Waals surface area contributed by atoms with Crippen LogP contribution in [-0.2, 0) is 4.79 Å². The summed E-state index contributed by atoms with van der Waals surface area (Å²) in [6.45, 7) is 9.35. The van der Waals surface area contributed by atoms with E-state index in [9.17, 15) is 9.59 Å². The molecule has 0 saturated heterocycles. The lowest BCUT2D eigenvalue weighted by molar-refractivity contribution is -0.122. The molecule has 24 heavy (non-hydrogen) atoms. The van der Waals surface area contributed by atoms with E-state index >= 15 is 0 Å². The number of hydrogen-bond donors (Lipinski definition) is 1. The molecule has 130 valence electrons. The third-order valence-corrected chi connectivity index (χ3v) is 3.68. The molecule has 2 aromatic heterocycles. The smallest absolute Gasteiger partial charge is 0.255 e. The summed E-state index contributed by atoms with van der Waals surface area (Å²) < 4.78 is 6.98. The van der Waals surface area contributed by atoms with Gasteiger partial charge in [-0.3, -0.25) is 14.2 Å². The SMILES string of the molecule is Cc1cc(-n2c(C)cc(C(=O)N(C)CC(=O)NC(C)C)c2C)no1. The molecule has 0 aliphatic carbocycles. The van der Waals surface area contributed by atoms with Gasteiger partial charge in [-0.2, -0.15) is 0 Å². The zero-order valence-corrected chi connectivity index (χ0v) is 15.0. The maximum atomic E-state index is 12.7. The van der Waals surface area contributed by atoms with Crippen LogP contribution in [0.25, 0.3) is 5.82 Å². The summed E-state index contributed by atoms with van der Waals surface area (Å²) in [5.41, 5.74) is 2.19. The summed E-state index contributed by atoms with van der Waals surface area (Å²) in [6, 6.07) is 3.66. The van der Waals surface area contributed by atoms with Crippen molar-refractivity contribution in [3.63, 3.8) is 0 Å². The summed E-state index contributed by atoms with van der Waals surface area (Å²) in [5, 5.41) is 6.78. The molecule has 2 amide bonds. The summed E-state index contributed by atoms with van der Waals surface area (Å²) in [6.07, 6.45) is 0. The van der Waals surface area contributed by atoms with Crippen LogP contribution >= 0.6 is 0 Å². The van der Waals surface area contributed by atoms with Crippen molar-refractivity contribution in [1.29, 1.82) is 0 Å². The van der Waals surface area contributed by atoms with E-state index in [-0.39, 0.29) is 24.4 Å². The van der Waals surface area contributed by atoms with Gasteiger partial charge in [0.05, 0.1) is 12.1 Å². The summed E-state index contributed by atoms with van der Waals surface area (Å²) >= 11 is 0. The Hall–Kier alpha value is -2.57. The van der Waals surface area contributed by atoms with Crippen molar-refractivity contribution < 1.29 is 14.1 Å². The minimum Gasteiger partial charge on any atom is -0.360 e. The van der Waals surface area contributed by atoms with Gasteiger partial charge in [-0.15, -0.1) is 0 Å². The van der Waals surface area contributed by atoms with Crippen LogP contribution in [0.1, 0.15) is 41.4 Å². The van der Waals surface area contributed by atoms with Crippen LogP contribution in [0.5, 0.6) is 0 Å². The van der Waals surface area contributed by atoms with Gasteiger partial charge in [0.2, 0.25) is 5.91 Å². The number of aromatic nitrogens is 2. The second kappa shape index (κ2) is 6.90. The van der Waals surface area contributed by atoms with E-state index in [0.717, 1.165) is 11.4 Å². The quantitative estimate of drug-likeness (QED) is 0.908. The molecular formula is C17H24N4O3. The van der Waals surface area contributed by atoms with Gasteiger partial charge in [0.15, 0.2) is 5.82 Å². The molecule has 0 atom stereocenters. The Labute approximate surface area is 141 Å². The average molecular weight is 332 g/mol. The topological polar surface area (TPSA) is 80.4 Å². The summed E-state index contributed by atoms with van der Waals surface area (Å²) in [4.78, 5) is 25.9. The van der Waals surface area contributed by atoms with Gasteiger partial charge in [-0.1, -0.05) is 5.16 Å². The molecule has 0 aliphatic rings. The number of rotatable bonds is 5. The van der Waals surface area contributed by atoms with Crippen molar-refractivity contribution in [3.8, 4) is 5.82 Å². The number of carbonyl (C=O) groups excluding carboxylic acids is 2. The lowest BCUT2D eigenvalue weighted by Crippen LogP contribution is -2.40. The van der Waals surface area contributed by atoms with E-state index in [4.69, 9.17) is 4.52 Å². The van der Waals surface area contributed by atoms with Crippen molar-refractivity contribution >= 4 is 11.8 Å². The molecule has 0 spiro atoms. The van der Waals surface area contributed by atoms with Crippen LogP contribution in [0.2, 0.25) is 0 Å². The molecule has 0 unspecified atom stereocenters. The van der Waals surface area contributed by atoms with E-state index in [1.54, 1.807) is 13.1 Å². The monoisotopic (exact) mass is 332 g/mol. The van der Waals surface area contributed by atoms with E-state index < -0.39 is 0 Å². The zero-order chi connectivity index (χ0) is 18.0. The highest BCUT2D eigenvalue weighted by Crippen LogP contribution is 2.21. The van der Waals surface area contributed by atoms with Crippen LogP contribution < -0.4 is 5.32 Å². The molecule has 2 aromatic rings. The second-order valence-electron chi connectivity index (χ2n) is 6.30. The standard InChI is InChI=1S/C17H24N4O3/c1-10(2)18-16(22)9-20(6)17(23)14-7-11(3)21(13(14)5)15-8-12(4)24-19-15/h7-8,10H,9H2,1-6H3,(H,18,22). The van der Waals surface area contributed by atoms with E-state index in [1.165, 1.54) is 4.90 Å². The first-order valence-electron chi connectivity index (χ1n) is 7.88. The van der Waals surface area contributed by atoms with Gasteiger partial charge in [0, 0.05) is 30.5 Å². The summed E-state index contributed by atoms with van der Waals surface area (Å²) in [7, 11) is 1.62. The van der Waals surface area contributed by atoms with Crippen molar-refractivity contribution in [3.05, 3.63) is 34.8 Å². The fraction of sp³-hybridized carbons (Fsp3) is 0.471. The fourth-order valence-corrected chi connectivity index (χ4v) is 2.65. The Balaban J connectivity index is 2.23. The zero-order valence-electron chi connectivity index (χ0n) is 15.0. The maximum absolute atomic E-state index is 12.7. The Morgan fingerprint density at radius 1 is 1.29 bits per heavy atom. The first-order valence-corrected chi connectivity index (χ1v) is 7.88. The molecule has 0 radical (unpaired) electrons.